The van der Waals surface area contributed by atoms with Gasteiger partial charge in [-0.15, -0.1) is 24.0 Å². The summed E-state index contributed by atoms with van der Waals surface area (Å²) in [7, 11) is 5.31. The highest BCUT2D eigenvalue weighted by Gasteiger charge is 2.07. The molecule has 0 aliphatic rings. The Balaban J connectivity index is 0.00000300. The van der Waals surface area contributed by atoms with E-state index in [-0.39, 0.29) is 35.6 Å². The van der Waals surface area contributed by atoms with Gasteiger partial charge in [0.25, 0.3) is 0 Å². The fourth-order valence-corrected chi connectivity index (χ4v) is 3.10. The Labute approximate surface area is 186 Å². The summed E-state index contributed by atoms with van der Waals surface area (Å²) in [5.41, 5.74) is 3.35. The van der Waals surface area contributed by atoms with E-state index in [1.165, 1.54) is 12.1 Å². The van der Waals surface area contributed by atoms with Gasteiger partial charge in [0.2, 0.25) is 0 Å². The summed E-state index contributed by atoms with van der Waals surface area (Å²) in [6, 6.07) is 9.90. The summed E-state index contributed by atoms with van der Waals surface area (Å²) in [6.45, 7) is 1.10. The lowest BCUT2D eigenvalue weighted by atomic mass is 10.1. The number of guanidine groups is 1. The van der Waals surface area contributed by atoms with Gasteiger partial charge in [0.1, 0.15) is 11.6 Å². The molecule has 29 heavy (non-hydrogen) atoms. The van der Waals surface area contributed by atoms with Crippen LogP contribution >= 0.6 is 24.0 Å². The van der Waals surface area contributed by atoms with Crippen LogP contribution < -0.4 is 15.5 Å². The molecule has 0 atom stereocenters. The van der Waals surface area contributed by atoms with Crippen molar-refractivity contribution in [3.8, 4) is 0 Å². The van der Waals surface area contributed by atoms with Crippen LogP contribution in [-0.4, -0.2) is 38.6 Å². The Morgan fingerprint density at radius 1 is 1.10 bits per heavy atom. The van der Waals surface area contributed by atoms with E-state index in [0.717, 1.165) is 28.5 Å². The van der Waals surface area contributed by atoms with E-state index in [4.69, 9.17) is 0 Å². The van der Waals surface area contributed by atoms with Crippen molar-refractivity contribution < 1.29 is 8.78 Å². The second-order valence-corrected chi connectivity index (χ2v) is 6.79. The minimum absolute atomic E-state index is 0. The van der Waals surface area contributed by atoms with Crippen molar-refractivity contribution in [1.82, 2.24) is 15.6 Å². The van der Waals surface area contributed by atoms with Crippen molar-refractivity contribution in [2.45, 2.75) is 13.0 Å². The van der Waals surface area contributed by atoms with Crippen molar-refractivity contribution in [3.05, 3.63) is 65.4 Å². The lowest BCUT2D eigenvalue weighted by Crippen LogP contribution is -2.37. The Morgan fingerprint density at radius 3 is 2.59 bits per heavy atom. The fourth-order valence-electron chi connectivity index (χ4n) is 3.10. The molecule has 1 heterocycles. The van der Waals surface area contributed by atoms with E-state index < -0.39 is 0 Å². The van der Waals surface area contributed by atoms with Crippen LogP contribution in [0.1, 0.15) is 11.1 Å². The molecule has 0 fully saturated rings. The Kier molecular flexibility index (Phi) is 8.24. The minimum Gasteiger partial charge on any atom is -0.375 e. The number of halogens is 3. The molecule has 0 unspecified atom stereocenters. The first-order valence-electron chi connectivity index (χ1n) is 9.13. The number of nitrogens with one attached hydrogen (secondary N) is 3. The van der Waals surface area contributed by atoms with Crippen LogP contribution in [-0.2, 0) is 13.0 Å². The smallest absolute Gasteiger partial charge is 0.191 e. The number of fused-ring (bicyclic) bond motifs is 1. The maximum atomic E-state index is 14.1. The van der Waals surface area contributed by atoms with Crippen LogP contribution in [0.5, 0.6) is 0 Å². The summed E-state index contributed by atoms with van der Waals surface area (Å²) in [5, 5.41) is 7.30. The van der Waals surface area contributed by atoms with E-state index >= 15 is 0 Å². The van der Waals surface area contributed by atoms with Gasteiger partial charge in [-0.05, 0) is 47.9 Å². The molecule has 3 rings (SSSR count). The van der Waals surface area contributed by atoms with Gasteiger partial charge in [0.15, 0.2) is 5.96 Å². The van der Waals surface area contributed by atoms with E-state index in [1.54, 1.807) is 30.1 Å². The number of rotatable bonds is 6. The maximum absolute atomic E-state index is 14.1. The quantitative estimate of drug-likeness (QED) is 0.265. The first-order valence-corrected chi connectivity index (χ1v) is 9.13. The summed E-state index contributed by atoms with van der Waals surface area (Å²) in [4.78, 5) is 9.08. The van der Waals surface area contributed by atoms with E-state index in [0.29, 0.717) is 24.7 Å². The summed E-state index contributed by atoms with van der Waals surface area (Å²) >= 11 is 0. The zero-order chi connectivity index (χ0) is 20.1. The zero-order valence-electron chi connectivity index (χ0n) is 16.7. The molecular weight excluding hydrogens is 487 g/mol. The second kappa shape index (κ2) is 10.4. The number of aromatic amines is 1. The number of hydrogen-bond donors (Lipinski definition) is 3. The number of H-pyrrole nitrogens is 1. The second-order valence-electron chi connectivity index (χ2n) is 6.79. The van der Waals surface area contributed by atoms with Crippen molar-refractivity contribution in [3.63, 3.8) is 0 Å². The van der Waals surface area contributed by atoms with Gasteiger partial charge in [-0.1, -0.05) is 6.07 Å². The van der Waals surface area contributed by atoms with E-state index in [2.05, 4.69) is 20.6 Å². The molecule has 0 amide bonds. The predicted octanol–water partition coefficient (Wildman–Crippen LogP) is 4.04. The molecule has 0 aliphatic heterocycles. The average molecular weight is 513 g/mol. The zero-order valence-corrected chi connectivity index (χ0v) is 19.1. The predicted molar refractivity (Wildman–Crippen MR) is 126 cm³/mol. The normalized spacial score (nSPS) is 11.3. The highest BCUT2D eigenvalue weighted by molar-refractivity contribution is 14.0. The number of benzene rings is 2. The first-order chi connectivity index (χ1) is 13.5. The molecule has 2 aromatic carbocycles. The monoisotopic (exact) mass is 513 g/mol. The Hall–Kier alpha value is -2.36. The maximum Gasteiger partial charge on any atom is 0.191 e. The number of aromatic nitrogens is 1. The Bertz CT molecular complexity index is 984. The SMILES string of the molecule is CN=C(NCCc1c[nH]c2ccc(F)cc12)NCc1ccc(N(C)C)c(F)c1.I. The first kappa shape index (κ1) is 22.9. The lowest BCUT2D eigenvalue weighted by Gasteiger charge is -2.15. The average Bonchev–Trinajstić information content (AvgIpc) is 3.06. The van der Waals surface area contributed by atoms with Gasteiger partial charge in [-0.2, -0.15) is 0 Å². The largest absolute Gasteiger partial charge is 0.375 e. The summed E-state index contributed by atoms with van der Waals surface area (Å²) in [6.07, 6.45) is 2.62. The van der Waals surface area contributed by atoms with Crippen LogP contribution in [0.2, 0.25) is 0 Å². The molecule has 0 aliphatic carbocycles. The molecular formula is C21H26F2IN5. The molecule has 0 spiro atoms. The van der Waals surface area contributed by atoms with Crippen molar-refractivity contribution >= 4 is 46.5 Å². The minimum atomic E-state index is -0.251. The third-order valence-electron chi connectivity index (χ3n) is 4.59. The van der Waals surface area contributed by atoms with Gasteiger partial charge in [-0.3, -0.25) is 4.99 Å². The van der Waals surface area contributed by atoms with Gasteiger partial charge >= 0.3 is 0 Å². The van der Waals surface area contributed by atoms with Gasteiger partial charge in [0, 0.05) is 51.3 Å². The molecule has 5 nitrogen and oxygen atoms in total. The molecule has 0 radical (unpaired) electrons. The molecule has 8 heteroatoms. The molecule has 0 bridgehead atoms. The number of anilines is 1. The van der Waals surface area contributed by atoms with Crippen LogP contribution in [0, 0.1) is 11.6 Å². The van der Waals surface area contributed by atoms with Crippen LogP contribution in [0.4, 0.5) is 14.5 Å². The fraction of sp³-hybridized carbons (Fsp3) is 0.286. The van der Waals surface area contributed by atoms with Crippen LogP contribution in [0.25, 0.3) is 10.9 Å². The number of nitrogens with zero attached hydrogens (tertiary/aromatic N) is 2. The molecule has 0 saturated heterocycles. The number of aliphatic imine (C=N–C) groups is 1. The highest BCUT2D eigenvalue weighted by Crippen LogP contribution is 2.20. The van der Waals surface area contributed by atoms with Crippen molar-refractivity contribution in [2.75, 3.05) is 32.6 Å². The van der Waals surface area contributed by atoms with Gasteiger partial charge in [-0.25, -0.2) is 8.78 Å². The molecule has 156 valence electrons. The molecule has 1 aromatic heterocycles. The third-order valence-corrected chi connectivity index (χ3v) is 4.59. The topological polar surface area (TPSA) is 55.5 Å². The van der Waals surface area contributed by atoms with Gasteiger partial charge in [0.05, 0.1) is 5.69 Å². The summed E-state index contributed by atoms with van der Waals surface area (Å²) in [5.74, 6) is 0.133. The number of hydrogen-bond acceptors (Lipinski definition) is 2. The Morgan fingerprint density at radius 2 is 1.90 bits per heavy atom. The molecule has 3 N–H and O–H groups in total. The van der Waals surface area contributed by atoms with Gasteiger partial charge < -0.3 is 20.5 Å². The molecule has 3 aromatic rings. The summed E-state index contributed by atoms with van der Waals surface area (Å²) < 4.78 is 27.5. The van der Waals surface area contributed by atoms with Crippen molar-refractivity contribution in [2.24, 2.45) is 4.99 Å². The van der Waals surface area contributed by atoms with E-state index in [1.807, 2.05) is 26.4 Å². The van der Waals surface area contributed by atoms with Crippen molar-refractivity contribution in [1.29, 1.82) is 0 Å². The van der Waals surface area contributed by atoms with Crippen LogP contribution in [0.15, 0.2) is 47.6 Å². The lowest BCUT2D eigenvalue weighted by molar-refractivity contribution is 0.623. The van der Waals surface area contributed by atoms with E-state index in [9.17, 15) is 8.78 Å². The highest BCUT2D eigenvalue weighted by atomic mass is 127. The standard InChI is InChI=1S/C21H25F2N5.HI/c1-24-21(27-12-14-4-7-20(28(2)3)18(23)10-14)25-9-8-15-13-26-19-6-5-16(22)11-17(15)19;/h4-7,10-11,13,26H,8-9,12H2,1-3H3,(H2,24,25,27);1H. The molecule has 0 saturated carbocycles. The van der Waals surface area contributed by atoms with Crippen LogP contribution in [0.3, 0.4) is 0 Å². The third kappa shape index (κ3) is 5.81.